The van der Waals surface area contributed by atoms with E-state index in [1.54, 1.807) is 0 Å². The van der Waals surface area contributed by atoms with Crippen LogP contribution in [0.1, 0.15) is 5.89 Å². The van der Waals surface area contributed by atoms with Crippen molar-refractivity contribution in [2.24, 2.45) is 0 Å². The van der Waals surface area contributed by atoms with Crippen molar-refractivity contribution < 1.29 is 9.15 Å². The monoisotopic (exact) mass is 434 g/mol. The van der Waals surface area contributed by atoms with Crippen LogP contribution in [0.2, 0.25) is 0 Å². The molecule has 2 saturated heterocycles. The first-order valence-corrected chi connectivity index (χ1v) is 11.1. The Kier molecular flexibility index (Phi) is 4.97. The van der Waals surface area contributed by atoms with Crippen molar-refractivity contribution in [3.8, 4) is 11.4 Å². The number of ether oxygens (including phenoxy) is 1. The van der Waals surface area contributed by atoms with Crippen molar-refractivity contribution in [3.05, 3.63) is 30.3 Å². The SMILES string of the molecule is CN1CCN(Cc2nc3nc(-c4ccc5[nH]ncc5c4)nc(N4CCOCC4)c3o2)CC1. The van der Waals surface area contributed by atoms with Crippen molar-refractivity contribution in [1.29, 1.82) is 0 Å². The molecule has 10 nitrogen and oxygen atoms in total. The number of likely N-dealkylation sites (N-methyl/N-ethyl adjacent to an activating group) is 1. The predicted octanol–water partition coefficient (Wildman–Crippen LogP) is 1.75. The summed E-state index contributed by atoms with van der Waals surface area (Å²) in [5, 5.41) is 8.13. The van der Waals surface area contributed by atoms with Gasteiger partial charge in [-0.25, -0.2) is 9.97 Å². The molecule has 4 aromatic rings. The molecule has 166 valence electrons. The summed E-state index contributed by atoms with van der Waals surface area (Å²) in [5.41, 5.74) is 3.18. The normalized spacial score (nSPS) is 18.7. The lowest BCUT2D eigenvalue weighted by Crippen LogP contribution is -2.43. The van der Waals surface area contributed by atoms with E-state index in [1.165, 1.54) is 0 Å². The topological polar surface area (TPSA) is 99.4 Å². The Morgan fingerprint density at radius 1 is 1.00 bits per heavy atom. The molecule has 3 aromatic heterocycles. The maximum absolute atomic E-state index is 6.24. The number of piperazine rings is 1. The number of fused-ring (bicyclic) bond motifs is 2. The zero-order chi connectivity index (χ0) is 21.5. The van der Waals surface area contributed by atoms with Gasteiger partial charge in [0.05, 0.1) is 31.5 Å². The molecule has 0 saturated carbocycles. The molecule has 10 heteroatoms. The minimum Gasteiger partial charge on any atom is -0.434 e. The van der Waals surface area contributed by atoms with E-state index >= 15 is 0 Å². The molecule has 0 radical (unpaired) electrons. The lowest BCUT2D eigenvalue weighted by molar-refractivity contribution is 0.122. The van der Waals surface area contributed by atoms with Gasteiger partial charge in [0.1, 0.15) is 0 Å². The summed E-state index contributed by atoms with van der Waals surface area (Å²) in [5.74, 6) is 2.12. The average molecular weight is 435 g/mol. The van der Waals surface area contributed by atoms with E-state index in [9.17, 15) is 0 Å². The number of nitrogens with zero attached hydrogens (tertiary/aromatic N) is 7. The summed E-state index contributed by atoms with van der Waals surface area (Å²) in [6.45, 7) is 7.68. The number of oxazole rings is 1. The molecular formula is C22H26N8O2. The number of hydrogen-bond acceptors (Lipinski definition) is 9. The van der Waals surface area contributed by atoms with Gasteiger partial charge in [-0.3, -0.25) is 10.00 Å². The summed E-state index contributed by atoms with van der Waals surface area (Å²) in [7, 11) is 2.16. The Morgan fingerprint density at radius 3 is 2.69 bits per heavy atom. The van der Waals surface area contributed by atoms with Crippen LogP contribution in [0.5, 0.6) is 0 Å². The first-order valence-electron chi connectivity index (χ1n) is 11.1. The fraction of sp³-hybridized carbons (Fsp3) is 0.455. The lowest BCUT2D eigenvalue weighted by Gasteiger charge is -2.31. The molecule has 0 unspecified atom stereocenters. The average Bonchev–Trinajstić information content (AvgIpc) is 3.46. The summed E-state index contributed by atoms with van der Waals surface area (Å²) in [6.07, 6.45) is 1.81. The van der Waals surface area contributed by atoms with Crippen LogP contribution in [0, 0.1) is 0 Å². The van der Waals surface area contributed by atoms with Crippen molar-refractivity contribution in [2.45, 2.75) is 6.54 Å². The van der Waals surface area contributed by atoms with E-state index in [1.807, 2.05) is 24.4 Å². The van der Waals surface area contributed by atoms with Crippen LogP contribution in [0.15, 0.2) is 28.8 Å². The zero-order valence-corrected chi connectivity index (χ0v) is 18.1. The number of aromatic amines is 1. The molecule has 6 rings (SSSR count). The second kappa shape index (κ2) is 8.12. The Bertz CT molecular complexity index is 1240. The highest BCUT2D eigenvalue weighted by Gasteiger charge is 2.24. The molecular weight excluding hydrogens is 408 g/mol. The number of benzene rings is 1. The molecule has 0 bridgehead atoms. The fourth-order valence-electron chi connectivity index (χ4n) is 4.32. The number of nitrogens with one attached hydrogen (secondary N) is 1. The minimum atomic E-state index is 0.605. The number of rotatable bonds is 4. The maximum Gasteiger partial charge on any atom is 0.216 e. The van der Waals surface area contributed by atoms with Crippen LogP contribution >= 0.6 is 0 Å². The van der Waals surface area contributed by atoms with Crippen molar-refractivity contribution in [3.63, 3.8) is 0 Å². The molecule has 2 fully saturated rings. The van der Waals surface area contributed by atoms with Gasteiger partial charge < -0.3 is 19.0 Å². The summed E-state index contributed by atoms with van der Waals surface area (Å²) < 4.78 is 11.8. The number of H-pyrrole nitrogens is 1. The Morgan fingerprint density at radius 2 is 1.84 bits per heavy atom. The number of aromatic nitrogens is 5. The van der Waals surface area contributed by atoms with Crippen molar-refractivity contribution in [2.75, 3.05) is 64.4 Å². The van der Waals surface area contributed by atoms with Gasteiger partial charge >= 0.3 is 0 Å². The Hall–Kier alpha value is -3.08. The zero-order valence-electron chi connectivity index (χ0n) is 18.1. The maximum atomic E-state index is 6.24. The standard InChI is InChI=1S/C22H26N8O2/c1-28-4-6-29(7-5-28)14-18-24-21-19(32-18)22(30-8-10-31-11-9-30)26-20(25-21)15-2-3-17-16(12-15)13-23-27-17/h2-3,12-13H,4-11,14H2,1H3,(H,23,27). The molecule has 0 atom stereocenters. The predicted molar refractivity (Wildman–Crippen MR) is 120 cm³/mol. The van der Waals surface area contributed by atoms with Gasteiger partial charge in [-0.15, -0.1) is 0 Å². The van der Waals surface area contributed by atoms with E-state index in [0.717, 1.165) is 61.6 Å². The highest BCUT2D eigenvalue weighted by atomic mass is 16.5. The van der Waals surface area contributed by atoms with E-state index in [0.29, 0.717) is 42.7 Å². The largest absolute Gasteiger partial charge is 0.434 e. The van der Waals surface area contributed by atoms with Gasteiger partial charge in [-0.2, -0.15) is 10.1 Å². The molecule has 0 aliphatic carbocycles. The first-order chi connectivity index (χ1) is 15.7. The first kappa shape index (κ1) is 19.6. The molecule has 5 heterocycles. The van der Waals surface area contributed by atoms with E-state index in [4.69, 9.17) is 24.1 Å². The van der Waals surface area contributed by atoms with Gasteiger partial charge in [0.15, 0.2) is 11.6 Å². The quantitative estimate of drug-likeness (QED) is 0.515. The van der Waals surface area contributed by atoms with Gasteiger partial charge in [0, 0.05) is 50.2 Å². The van der Waals surface area contributed by atoms with Gasteiger partial charge in [-0.05, 0) is 25.2 Å². The van der Waals surface area contributed by atoms with Gasteiger partial charge in [-0.1, -0.05) is 0 Å². The Balaban J connectivity index is 1.40. The molecule has 2 aliphatic rings. The lowest BCUT2D eigenvalue weighted by atomic mass is 10.1. The summed E-state index contributed by atoms with van der Waals surface area (Å²) in [4.78, 5) is 21.4. The minimum absolute atomic E-state index is 0.605. The number of hydrogen-bond donors (Lipinski definition) is 1. The van der Waals surface area contributed by atoms with E-state index < -0.39 is 0 Å². The van der Waals surface area contributed by atoms with Crippen molar-refractivity contribution >= 4 is 28.0 Å². The highest BCUT2D eigenvalue weighted by Crippen LogP contribution is 2.30. The third-order valence-corrected chi connectivity index (χ3v) is 6.24. The molecule has 1 N–H and O–H groups in total. The van der Waals surface area contributed by atoms with Gasteiger partial charge in [0.2, 0.25) is 17.1 Å². The van der Waals surface area contributed by atoms with Crippen LogP contribution < -0.4 is 4.90 Å². The third kappa shape index (κ3) is 3.70. The van der Waals surface area contributed by atoms with Crippen LogP contribution in [0.3, 0.4) is 0 Å². The fourth-order valence-corrected chi connectivity index (χ4v) is 4.32. The smallest absolute Gasteiger partial charge is 0.216 e. The summed E-state index contributed by atoms with van der Waals surface area (Å²) >= 11 is 0. The van der Waals surface area contributed by atoms with Crippen molar-refractivity contribution in [1.82, 2.24) is 34.9 Å². The molecule has 1 aromatic carbocycles. The molecule has 0 amide bonds. The molecule has 0 spiro atoms. The molecule has 32 heavy (non-hydrogen) atoms. The van der Waals surface area contributed by atoms with Gasteiger partial charge in [0.25, 0.3) is 0 Å². The number of anilines is 1. The Labute approximate surface area is 185 Å². The second-order valence-electron chi connectivity index (χ2n) is 8.48. The highest BCUT2D eigenvalue weighted by molar-refractivity contribution is 5.86. The van der Waals surface area contributed by atoms with Crippen LogP contribution in [0.4, 0.5) is 5.82 Å². The van der Waals surface area contributed by atoms with Crippen LogP contribution in [0.25, 0.3) is 33.5 Å². The second-order valence-corrected chi connectivity index (χ2v) is 8.48. The number of morpholine rings is 1. The summed E-state index contributed by atoms with van der Waals surface area (Å²) in [6, 6.07) is 6.06. The van der Waals surface area contributed by atoms with Crippen LogP contribution in [-0.4, -0.2) is 94.5 Å². The third-order valence-electron chi connectivity index (χ3n) is 6.24. The van der Waals surface area contributed by atoms with E-state index in [2.05, 4.69) is 31.9 Å². The molecule has 2 aliphatic heterocycles. The van der Waals surface area contributed by atoms with E-state index in [-0.39, 0.29) is 0 Å². The van der Waals surface area contributed by atoms with Crippen LogP contribution in [-0.2, 0) is 11.3 Å².